The van der Waals surface area contributed by atoms with E-state index in [2.05, 4.69) is 15.2 Å². The van der Waals surface area contributed by atoms with E-state index in [1.807, 2.05) is 43.3 Å². The molecule has 3 aromatic rings. The number of carbonyl (C=O) groups is 1. The predicted molar refractivity (Wildman–Crippen MR) is 103 cm³/mol. The second-order valence-corrected chi connectivity index (χ2v) is 7.81. The fraction of sp³-hybridized carbons (Fsp3) is 0.368. The monoisotopic (exact) mass is 367 g/mol. The molecule has 1 amide bonds. The summed E-state index contributed by atoms with van der Waals surface area (Å²) in [6.45, 7) is 5.35. The number of anilines is 1. The van der Waals surface area contributed by atoms with E-state index >= 15 is 0 Å². The van der Waals surface area contributed by atoms with Gasteiger partial charge in [-0.1, -0.05) is 0 Å². The number of aryl methyl sites for hydroxylation is 2. The third-order valence-electron chi connectivity index (χ3n) is 5.22. The van der Waals surface area contributed by atoms with Crippen LogP contribution in [0.5, 0.6) is 0 Å². The summed E-state index contributed by atoms with van der Waals surface area (Å²) in [6.07, 6.45) is 5.69. The maximum atomic E-state index is 13.2. The van der Waals surface area contributed by atoms with Gasteiger partial charge in [0.05, 0.1) is 11.4 Å². The molecule has 134 valence electrons. The summed E-state index contributed by atoms with van der Waals surface area (Å²) in [5.41, 5.74) is 9.96. The van der Waals surface area contributed by atoms with E-state index in [1.165, 1.54) is 16.9 Å². The smallest absolute Gasteiger partial charge is 0.266 e. The van der Waals surface area contributed by atoms with Crippen LogP contribution in [0.15, 0.2) is 24.5 Å². The highest BCUT2D eigenvalue weighted by Crippen LogP contribution is 2.36. The quantitative estimate of drug-likeness (QED) is 0.751. The lowest BCUT2D eigenvalue weighted by atomic mass is 9.91. The highest BCUT2D eigenvalue weighted by molar-refractivity contribution is 7.21. The van der Waals surface area contributed by atoms with Crippen molar-refractivity contribution in [2.75, 3.05) is 18.8 Å². The number of likely N-dealkylation sites (tertiary alicyclic amines) is 1. The zero-order valence-electron chi connectivity index (χ0n) is 14.9. The minimum atomic E-state index is 0.00121. The molecule has 0 aliphatic carbocycles. The molecule has 0 radical (unpaired) electrons. The number of rotatable bonds is 2. The van der Waals surface area contributed by atoms with Gasteiger partial charge in [-0.3, -0.25) is 9.78 Å². The lowest BCUT2D eigenvalue weighted by Gasteiger charge is -2.32. The van der Waals surface area contributed by atoms with Crippen LogP contribution in [0.4, 0.5) is 5.69 Å². The van der Waals surface area contributed by atoms with E-state index in [4.69, 9.17) is 5.73 Å². The number of amides is 1. The normalized spacial score (nSPS) is 17.6. The molecule has 1 aliphatic heterocycles. The molecule has 0 bridgehead atoms. The number of pyridine rings is 1. The van der Waals surface area contributed by atoms with E-state index in [-0.39, 0.29) is 5.91 Å². The van der Waals surface area contributed by atoms with Crippen molar-refractivity contribution in [3.63, 3.8) is 0 Å². The Kier molecular flexibility index (Phi) is 4.32. The van der Waals surface area contributed by atoms with Gasteiger partial charge in [-0.2, -0.15) is 5.10 Å². The first kappa shape index (κ1) is 16.9. The highest BCUT2D eigenvalue weighted by atomic mass is 32.1. The second-order valence-electron chi connectivity index (χ2n) is 6.81. The molecule has 4 rings (SSSR count). The standard InChI is InChI=1S/C19H21N5OS/c1-11-12(2)22-23-18-15(11)16(20)17(26-18)19(25)24-9-3-4-14(10-24)13-5-7-21-8-6-13/h5-8,14H,3-4,9-10,20H2,1-2H3. The number of piperidine rings is 1. The third kappa shape index (κ3) is 2.82. The van der Waals surface area contributed by atoms with E-state index < -0.39 is 0 Å². The van der Waals surface area contributed by atoms with Crippen molar-refractivity contribution in [3.8, 4) is 0 Å². The SMILES string of the molecule is Cc1nnc2sc(C(=O)N3CCCC(c4ccncc4)C3)c(N)c2c1C. The lowest BCUT2D eigenvalue weighted by Crippen LogP contribution is -2.39. The zero-order valence-corrected chi connectivity index (χ0v) is 15.7. The van der Waals surface area contributed by atoms with Gasteiger partial charge in [0, 0.05) is 36.8 Å². The molecule has 2 N–H and O–H groups in total. The van der Waals surface area contributed by atoms with Crippen LogP contribution >= 0.6 is 11.3 Å². The summed E-state index contributed by atoms with van der Waals surface area (Å²) < 4.78 is 0. The van der Waals surface area contributed by atoms with Gasteiger partial charge in [-0.05, 0) is 49.9 Å². The molecule has 1 unspecified atom stereocenters. The molecule has 4 heterocycles. The Labute approximate surface area is 156 Å². The van der Waals surface area contributed by atoms with Crippen molar-refractivity contribution in [1.82, 2.24) is 20.1 Å². The van der Waals surface area contributed by atoms with Crippen LogP contribution in [0, 0.1) is 13.8 Å². The number of nitrogen functional groups attached to an aromatic ring is 1. The summed E-state index contributed by atoms with van der Waals surface area (Å²) >= 11 is 1.35. The van der Waals surface area contributed by atoms with Crippen LogP contribution in [-0.2, 0) is 0 Å². The van der Waals surface area contributed by atoms with Gasteiger partial charge >= 0.3 is 0 Å². The average molecular weight is 367 g/mol. The number of carbonyl (C=O) groups excluding carboxylic acids is 1. The summed E-state index contributed by atoms with van der Waals surface area (Å²) in [6, 6.07) is 4.07. The number of thiophene rings is 1. The Hall–Kier alpha value is -2.54. The van der Waals surface area contributed by atoms with Crippen LogP contribution in [-0.4, -0.2) is 39.1 Å². The van der Waals surface area contributed by atoms with Crippen LogP contribution in [0.3, 0.4) is 0 Å². The van der Waals surface area contributed by atoms with Gasteiger partial charge in [-0.15, -0.1) is 16.4 Å². The highest BCUT2D eigenvalue weighted by Gasteiger charge is 2.29. The van der Waals surface area contributed by atoms with Crippen molar-refractivity contribution in [2.24, 2.45) is 0 Å². The third-order valence-corrected chi connectivity index (χ3v) is 6.29. The molecule has 0 aromatic carbocycles. The zero-order chi connectivity index (χ0) is 18.3. The molecule has 1 atom stereocenters. The van der Waals surface area contributed by atoms with Crippen LogP contribution < -0.4 is 5.73 Å². The molecule has 0 saturated carbocycles. The van der Waals surface area contributed by atoms with Crippen molar-refractivity contribution in [3.05, 3.63) is 46.2 Å². The van der Waals surface area contributed by atoms with E-state index in [9.17, 15) is 4.79 Å². The fourth-order valence-electron chi connectivity index (χ4n) is 3.61. The van der Waals surface area contributed by atoms with E-state index in [0.29, 0.717) is 23.0 Å². The molecule has 1 aliphatic rings. The molecular weight excluding hydrogens is 346 g/mol. The number of nitrogens with two attached hydrogens (primary N) is 1. The first-order valence-corrected chi connectivity index (χ1v) is 9.59. The van der Waals surface area contributed by atoms with Gasteiger partial charge in [0.25, 0.3) is 5.91 Å². The fourth-order valence-corrected chi connectivity index (χ4v) is 4.68. The first-order chi connectivity index (χ1) is 12.6. The van der Waals surface area contributed by atoms with Crippen LogP contribution in [0.25, 0.3) is 10.2 Å². The maximum absolute atomic E-state index is 13.2. The Bertz CT molecular complexity index is 969. The first-order valence-electron chi connectivity index (χ1n) is 8.77. The minimum Gasteiger partial charge on any atom is -0.397 e. The Balaban J connectivity index is 1.64. The van der Waals surface area contributed by atoms with Crippen molar-refractivity contribution in [1.29, 1.82) is 0 Å². The van der Waals surface area contributed by atoms with E-state index in [1.54, 1.807) is 0 Å². The summed E-state index contributed by atoms with van der Waals surface area (Å²) in [5, 5.41) is 9.25. The molecule has 7 heteroatoms. The van der Waals surface area contributed by atoms with Gasteiger partial charge in [0.1, 0.15) is 9.71 Å². The summed E-state index contributed by atoms with van der Waals surface area (Å²) in [5.74, 6) is 0.344. The molecular formula is C19H21N5OS. The second kappa shape index (κ2) is 6.64. The Morgan fingerprint density at radius 3 is 2.81 bits per heavy atom. The predicted octanol–water partition coefficient (Wildman–Crippen LogP) is 3.31. The van der Waals surface area contributed by atoms with Gasteiger partial charge < -0.3 is 10.6 Å². The largest absolute Gasteiger partial charge is 0.397 e. The van der Waals surface area contributed by atoms with Gasteiger partial charge in [0.2, 0.25) is 0 Å². The molecule has 0 spiro atoms. The number of hydrogen-bond donors (Lipinski definition) is 1. The van der Waals surface area contributed by atoms with Crippen molar-refractivity contribution >= 4 is 33.1 Å². The molecule has 3 aromatic heterocycles. The molecule has 1 saturated heterocycles. The van der Waals surface area contributed by atoms with Crippen LogP contribution in [0.1, 0.15) is 45.3 Å². The summed E-state index contributed by atoms with van der Waals surface area (Å²) in [4.78, 5) is 20.5. The van der Waals surface area contributed by atoms with Crippen molar-refractivity contribution < 1.29 is 4.79 Å². The van der Waals surface area contributed by atoms with Gasteiger partial charge in [-0.25, -0.2) is 0 Å². The topological polar surface area (TPSA) is 85.0 Å². The molecule has 1 fully saturated rings. The molecule has 26 heavy (non-hydrogen) atoms. The van der Waals surface area contributed by atoms with Crippen molar-refractivity contribution in [2.45, 2.75) is 32.6 Å². The van der Waals surface area contributed by atoms with Gasteiger partial charge in [0.15, 0.2) is 0 Å². The number of hydrogen-bond acceptors (Lipinski definition) is 6. The Morgan fingerprint density at radius 1 is 1.27 bits per heavy atom. The number of aromatic nitrogens is 3. The number of fused-ring (bicyclic) bond motifs is 1. The summed E-state index contributed by atoms with van der Waals surface area (Å²) in [7, 11) is 0. The minimum absolute atomic E-state index is 0.00121. The van der Waals surface area contributed by atoms with Crippen LogP contribution in [0.2, 0.25) is 0 Å². The molecule has 6 nitrogen and oxygen atoms in total. The Morgan fingerprint density at radius 2 is 2.04 bits per heavy atom. The number of nitrogens with zero attached hydrogens (tertiary/aromatic N) is 4. The average Bonchev–Trinajstić information content (AvgIpc) is 3.02. The maximum Gasteiger partial charge on any atom is 0.266 e. The lowest BCUT2D eigenvalue weighted by molar-refractivity contribution is 0.0713. The van der Waals surface area contributed by atoms with E-state index in [0.717, 1.165) is 40.9 Å².